The molecular formula is C10H17IO2. The molecule has 2 nitrogen and oxygen atoms in total. The van der Waals surface area contributed by atoms with E-state index in [2.05, 4.69) is 22.6 Å². The lowest BCUT2D eigenvalue weighted by Gasteiger charge is -2.40. The lowest BCUT2D eigenvalue weighted by Crippen LogP contribution is -2.38. The second kappa shape index (κ2) is 4.45. The summed E-state index contributed by atoms with van der Waals surface area (Å²) in [4.78, 5) is 0. The van der Waals surface area contributed by atoms with Crippen molar-refractivity contribution in [3.63, 3.8) is 0 Å². The summed E-state index contributed by atoms with van der Waals surface area (Å²) in [6.45, 7) is 3.88. The highest BCUT2D eigenvalue weighted by Gasteiger charge is 2.40. The van der Waals surface area contributed by atoms with E-state index in [1.54, 1.807) is 0 Å². The summed E-state index contributed by atoms with van der Waals surface area (Å²) in [5, 5.41) is 0. The fourth-order valence-electron chi connectivity index (χ4n) is 2.45. The zero-order chi connectivity index (χ0) is 9.15. The van der Waals surface area contributed by atoms with Gasteiger partial charge in [-0.25, -0.2) is 0 Å². The molecule has 2 aliphatic rings. The van der Waals surface area contributed by atoms with Gasteiger partial charge in [0.05, 0.1) is 6.61 Å². The van der Waals surface area contributed by atoms with E-state index in [9.17, 15) is 0 Å². The molecule has 0 aromatic rings. The molecule has 0 bridgehead atoms. The molecule has 0 saturated carbocycles. The average molecular weight is 296 g/mol. The van der Waals surface area contributed by atoms with Gasteiger partial charge in [-0.3, -0.25) is 0 Å². The number of alkyl halides is 1. The Balaban J connectivity index is 2.03. The fourth-order valence-corrected chi connectivity index (χ4v) is 3.83. The normalized spacial score (nSPS) is 33.5. The van der Waals surface area contributed by atoms with E-state index < -0.39 is 0 Å². The van der Waals surface area contributed by atoms with Crippen molar-refractivity contribution in [2.75, 3.05) is 30.9 Å². The molecule has 2 heterocycles. The van der Waals surface area contributed by atoms with Gasteiger partial charge in [-0.05, 0) is 30.6 Å². The molecule has 1 atom stereocenters. The molecule has 0 radical (unpaired) electrons. The number of rotatable bonds is 2. The molecule has 13 heavy (non-hydrogen) atoms. The molecule has 3 heteroatoms. The Hall–Kier alpha value is 0.650. The van der Waals surface area contributed by atoms with Crippen LogP contribution in [0.3, 0.4) is 0 Å². The van der Waals surface area contributed by atoms with Crippen molar-refractivity contribution in [2.45, 2.75) is 19.3 Å². The standard InChI is InChI=1S/C10H17IO2/c11-8-10(2-5-12-6-3-10)9-1-4-13-7-9/h9H,1-8H2. The van der Waals surface area contributed by atoms with Crippen LogP contribution < -0.4 is 0 Å². The summed E-state index contributed by atoms with van der Waals surface area (Å²) in [6, 6.07) is 0. The van der Waals surface area contributed by atoms with Gasteiger partial charge in [0.25, 0.3) is 0 Å². The van der Waals surface area contributed by atoms with Crippen LogP contribution in [0.15, 0.2) is 0 Å². The van der Waals surface area contributed by atoms with Crippen LogP contribution in [0, 0.1) is 11.3 Å². The minimum Gasteiger partial charge on any atom is -0.381 e. The topological polar surface area (TPSA) is 18.5 Å². The zero-order valence-electron chi connectivity index (χ0n) is 7.93. The quantitative estimate of drug-likeness (QED) is 0.575. The molecule has 2 fully saturated rings. The molecule has 0 aromatic carbocycles. The SMILES string of the molecule is ICC1(C2CCOC2)CCOCC1. The Morgan fingerprint density at radius 1 is 1.15 bits per heavy atom. The van der Waals surface area contributed by atoms with Crippen molar-refractivity contribution < 1.29 is 9.47 Å². The Labute approximate surface area is 93.5 Å². The van der Waals surface area contributed by atoms with E-state index in [0.29, 0.717) is 5.41 Å². The van der Waals surface area contributed by atoms with Gasteiger partial charge in [-0.1, -0.05) is 22.6 Å². The Morgan fingerprint density at radius 3 is 2.46 bits per heavy atom. The predicted octanol–water partition coefficient (Wildman–Crippen LogP) is 2.25. The molecule has 2 saturated heterocycles. The number of ether oxygens (including phenoxy) is 2. The third kappa shape index (κ3) is 2.02. The van der Waals surface area contributed by atoms with Gasteiger partial charge >= 0.3 is 0 Å². The maximum absolute atomic E-state index is 5.49. The fraction of sp³-hybridized carbons (Fsp3) is 1.00. The molecule has 76 valence electrons. The summed E-state index contributed by atoms with van der Waals surface area (Å²) in [6.07, 6.45) is 3.75. The van der Waals surface area contributed by atoms with E-state index in [1.807, 2.05) is 0 Å². The number of hydrogen-bond acceptors (Lipinski definition) is 2. The lowest BCUT2D eigenvalue weighted by molar-refractivity contribution is -0.00559. The Bertz CT molecular complexity index is 160. The number of hydrogen-bond donors (Lipinski definition) is 0. The van der Waals surface area contributed by atoms with E-state index in [1.165, 1.54) is 23.7 Å². The van der Waals surface area contributed by atoms with Crippen molar-refractivity contribution in [1.82, 2.24) is 0 Å². The van der Waals surface area contributed by atoms with Crippen LogP contribution >= 0.6 is 22.6 Å². The third-order valence-electron chi connectivity index (χ3n) is 3.55. The largest absolute Gasteiger partial charge is 0.381 e. The first-order valence-electron chi connectivity index (χ1n) is 5.09. The van der Waals surface area contributed by atoms with Crippen molar-refractivity contribution in [2.24, 2.45) is 11.3 Å². The van der Waals surface area contributed by atoms with Crippen molar-refractivity contribution in [1.29, 1.82) is 0 Å². The first-order chi connectivity index (χ1) is 6.37. The molecule has 2 aliphatic heterocycles. The zero-order valence-corrected chi connectivity index (χ0v) is 10.1. The van der Waals surface area contributed by atoms with Crippen LogP contribution in [-0.2, 0) is 9.47 Å². The highest BCUT2D eigenvalue weighted by atomic mass is 127. The molecule has 2 rings (SSSR count). The van der Waals surface area contributed by atoms with Gasteiger partial charge in [0.1, 0.15) is 0 Å². The van der Waals surface area contributed by atoms with Crippen LogP contribution in [0.25, 0.3) is 0 Å². The van der Waals surface area contributed by atoms with Crippen LogP contribution in [0.5, 0.6) is 0 Å². The van der Waals surface area contributed by atoms with Crippen LogP contribution in [0.4, 0.5) is 0 Å². The third-order valence-corrected chi connectivity index (χ3v) is 5.07. The summed E-state index contributed by atoms with van der Waals surface area (Å²) in [7, 11) is 0. The first-order valence-corrected chi connectivity index (χ1v) is 6.61. The Morgan fingerprint density at radius 2 is 1.92 bits per heavy atom. The van der Waals surface area contributed by atoms with Gasteiger partial charge in [0, 0.05) is 24.2 Å². The van der Waals surface area contributed by atoms with Crippen molar-refractivity contribution in [3.8, 4) is 0 Å². The van der Waals surface area contributed by atoms with Crippen molar-refractivity contribution in [3.05, 3.63) is 0 Å². The minimum atomic E-state index is 0.537. The highest BCUT2D eigenvalue weighted by Crippen LogP contribution is 2.43. The summed E-state index contributed by atoms with van der Waals surface area (Å²) in [5.41, 5.74) is 0.537. The Kier molecular flexibility index (Phi) is 3.48. The maximum Gasteiger partial charge on any atom is 0.0500 e. The van der Waals surface area contributed by atoms with E-state index in [4.69, 9.17) is 9.47 Å². The first kappa shape index (κ1) is 10.2. The second-order valence-corrected chi connectivity index (χ2v) is 4.93. The molecular weight excluding hydrogens is 279 g/mol. The lowest BCUT2D eigenvalue weighted by atomic mass is 9.71. The maximum atomic E-state index is 5.49. The summed E-state index contributed by atoms with van der Waals surface area (Å²) < 4.78 is 12.2. The van der Waals surface area contributed by atoms with Crippen LogP contribution in [0.1, 0.15) is 19.3 Å². The van der Waals surface area contributed by atoms with E-state index >= 15 is 0 Å². The summed E-state index contributed by atoms with van der Waals surface area (Å²) in [5.74, 6) is 0.799. The molecule has 0 N–H and O–H groups in total. The van der Waals surface area contributed by atoms with E-state index in [0.717, 1.165) is 32.3 Å². The monoisotopic (exact) mass is 296 g/mol. The second-order valence-electron chi connectivity index (χ2n) is 4.17. The molecule has 1 unspecified atom stereocenters. The van der Waals surface area contributed by atoms with Gasteiger partial charge in [0.15, 0.2) is 0 Å². The summed E-state index contributed by atoms with van der Waals surface area (Å²) >= 11 is 2.54. The van der Waals surface area contributed by atoms with Gasteiger partial charge < -0.3 is 9.47 Å². The molecule has 0 aromatic heterocycles. The molecule has 0 amide bonds. The molecule has 0 aliphatic carbocycles. The molecule has 0 spiro atoms. The van der Waals surface area contributed by atoms with Gasteiger partial charge in [-0.15, -0.1) is 0 Å². The minimum absolute atomic E-state index is 0.537. The smallest absolute Gasteiger partial charge is 0.0500 e. The average Bonchev–Trinajstić information content (AvgIpc) is 2.72. The number of halogens is 1. The predicted molar refractivity (Wildman–Crippen MR) is 60.3 cm³/mol. The highest BCUT2D eigenvalue weighted by molar-refractivity contribution is 14.1. The van der Waals surface area contributed by atoms with Crippen LogP contribution in [-0.4, -0.2) is 30.9 Å². The van der Waals surface area contributed by atoms with Crippen molar-refractivity contribution >= 4 is 22.6 Å². The van der Waals surface area contributed by atoms with Gasteiger partial charge in [0.2, 0.25) is 0 Å². The van der Waals surface area contributed by atoms with E-state index in [-0.39, 0.29) is 0 Å². The van der Waals surface area contributed by atoms with Gasteiger partial charge in [-0.2, -0.15) is 0 Å². The van der Waals surface area contributed by atoms with Crippen LogP contribution in [0.2, 0.25) is 0 Å².